The van der Waals surface area contributed by atoms with E-state index in [0.717, 1.165) is 17.3 Å². The van der Waals surface area contributed by atoms with E-state index in [1.165, 1.54) is 12.1 Å². The molecule has 2 N–H and O–H groups in total. The van der Waals surface area contributed by atoms with Crippen LogP contribution in [-0.4, -0.2) is 28.3 Å². The summed E-state index contributed by atoms with van der Waals surface area (Å²) >= 11 is 1.16. The molecule has 0 aromatic heterocycles. The maximum Gasteiger partial charge on any atom is 0.344 e. The van der Waals surface area contributed by atoms with Crippen molar-refractivity contribution in [3.63, 3.8) is 0 Å². The lowest BCUT2D eigenvalue weighted by Gasteiger charge is -2.13. The van der Waals surface area contributed by atoms with E-state index < -0.39 is 17.9 Å². The topological polar surface area (TPSA) is 88.0 Å². The summed E-state index contributed by atoms with van der Waals surface area (Å²) in [5.74, 6) is -1.27. The monoisotopic (exact) mass is 400 g/mol. The summed E-state index contributed by atoms with van der Waals surface area (Å²) < 4.78 is 18.7. The molecule has 2 aromatic carbocycles. The van der Waals surface area contributed by atoms with Crippen molar-refractivity contribution in [3.8, 4) is 5.75 Å². The SMILES string of the molecule is CCC(Oc1ccc(/C=C2/SC(=Nc3cccc(F)c3)NC2=O)cc1)C(=O)O. The standard InChI is InChI=1S/C20H17FN2O4S/c1-2-16(19(25)26)27-15-8-6-12(7-9-15)10-17-18(24)23-20(28-17)22-14-5-3-4-13(21)11-14/h3-11,16H,2H2,1H3,(H,25,26)(H,22,23,24)/b17-10+. The molecule has 1 heterocycles. The molecule has 8 heteroatoms. The summed E-state index contributed by atoms with van der Waals surface area (Å²) in [4.78, 5) is 27.8. The van der Waals surface area contributed by atoms with Crippen molar-refractivity contribution in [2.45, 2.75) is 19.4 Å². The van der Waals surface area contributed by atoms with E-state index in [9.17, 15) is 14.0 Å². The fourth-order valence-electron chi connectivity index (χ4n) is 2.41. The predicted molar refractivity (Wildman–Crippen MR) is 106 cm³/mol. The molecule has 28 heavy (non-hydrogen) atoms. The van der Waals surface area contributed by atoms with Gasteiger partial charge in [-0.15, -0.1) is 0 Å². The summed E-state index contributed by atoms with van der Waals surface area (Å²) in [6, 6.07) is 12.5. The van der Waals surface area contributed by atoms with Crippen molar-refractivity contribution in [2.24, 2.45) is 4.99 Å². The van der Waals surface area contributed by atoms with Crippen LogP contribution in [0.1, 0.15) is 18.9 Å². The highest BCUT2D eigenvalue weighted by atomic mass is 32.2. The van der Waals surface area contributed by atoms with Crippen LogP contribution < -0.4 is 10.1 Å². The third kappa shape index (κ3) is 4.98. The Morgan fingerprint density at radius 2 is 2.07 bits per heavy atom. The second kappa shape index (κ2) is 8.71. The van der Waals surface area contributed by atoms with Gasteiger partial charge in [-0.05, 0) is 60.2 Å². The average Bonchev–Trinajstić information content (AvgIpc) is 2.99. The molecule has 1 unspecified atom stereocenters. The van der Waals surface area contributed by atoms with E-state index in [-0.39, 0.29) is 5.91 Å². The molecule has 1 aliphatic heterocycles. The summed E-state index contributed by atoms with van der Waals surface area (Å²) in [5, 5.41) is 12.1. The molecule has 1 saturated heterocycles. The normalized spacial score (nSPS) is 17.6. The number of carbonyl (C=O) groups excluding carboxylic acids is 1. The number of ether oxygens (including phenoxy) is 1. The van der Waals surface area contributed by atoms with Gasteiger partial charge in [0.05, 0.1) is 10.6 Å². The van der Waals surface area contributed by atoms with Gasteiger partial charge in [-0.2, -0.15) is 0 Å². The van der Waals surface area contributed by atoms with Gasteiger partial charge in [-0.3, -0.25) is 4.79 Å². The number of benzene rings is 2. The Hall–Kier alpha value is -3.13. The fourth-order valence-corrected chi connectivity index (χ4v) is 3.25. The quantitative estimate of drug-likeness (QED) is 0.717. The van der Waals surface area contributed by atoms with Crippen LogP contribution in [-0.2, 0) is 9.59 Å². The number of aliphatic imine (C=N–C) groups is 1. The van der Waals surface area contributed by atoms with Crippen LogP contribution >= 0.6 is 11.8 Å². The Kier molecular flexibility index (Phi) is 6.10. The minimum atomic E-state index is -1.02. The zero-order chi connectivity index (χ0) is 20.1. The molecule has 1 aliphatic rings. The lowest BCUT2D eigenvalue weighted by atomic mass is 10.2. The highest BCUT2D eigenvalue weighted by molar-refractivity contribution is 8.18. The van der Waals surface area contributed by atoms with Crippen molar-refractivity contribution in [1.82, 2.24) is 5.32 Å². The van der Waals surface area contributed by atoms with E-state index in [0.29, 0.717) is 27.9 Å². The Morgan fingerprint density at radius 1 is 1.32 bits per heavy atom. The van der Waals surface area contributed by atoms with E-state index in [1.807, 2.05) is 0 Å². The molecule has 6 nitrogen and oxygen atoms in total. The second-order valence-electron chi connectivity index (χ2n) is 5.88. The molecular weight excluding hydrogens is 383 g/mol. The first-order valence-electron chi connectivity index (χ1n) is 8.49. The lowest BCUT2D eigenvalue weighted by molar-refractivity contribution is -0.145. The Balaban J connectivity index is 1.71. The van der Waals surface area contributed by atoms with Gasteiger partial charge in [0.15, 0.2) is 11.3 Å². The van der Waals surface area contributed by atoms with E-state index in [4.69, 9.17) is 9.84 Å². The smallest absolute Gasteiger partial charge is 0.344 e. The van der Waals surface area contributed by atoms with Crippen molar-refractivity contribution >= 4 is 40.6 Å². The molecule has 0 bridgehead atoms. The van der Waals surface area contributed by atoms with Crippen LogP contribution in [0.2, 0.25) is 0 Å². The van der Waals surface area contributed by atoms with Gasteiger partial charge in [0, 0.05) is 0 Å². The number of hydrogen-bond acceptors (Lipinski definition) is 5. The van der Waals surface area contributed by atoms with Crippen LogP contribution in [0.5, 0.6) is 5.75 Å². The lowest BCUT2D eigenvalue weighted by Crippen LogP contribution is -2.25. The number of carbonyl (C=O) groups is 2. The number of rotatable bonds is 6. The number of amidine groups is 1. The number of nitrogens with one attached hydrogen (secondary N) is 1. The third-order valence-corrected chi connectivity index (χ3v) is 4.70. The molecule has 0 aliphatic carbocycles. The number of carboxylic acids is 1. The number of amides is 1. The van der Waals surface area contributed by atoms with Crippen molar-refractivity contribution in [2.75, 3.05) is 0 Å². The summed E-state index contributed by atoms with van der Waals surface area (Å²) in [6.45, 7) is 1.73. The van der Waals surface area contributed by atoms with Gasteiger partial charge in [0.25, 0.3) is 5.91 Å². The number of aliphatic carboxylic acids is 1. The largest absolute Gasteiger partial charge is 0.479 e. The van der Waals surface area contributed by atoms with Gasteiger partial charge >= 0.3 is 5.97 Å². The molecule has 3 rings (SSSR count). The van der Waals surface area contributed by atoms with Gasteiger partial charge < -0.3 is 15.2 Å². The molecule has 1 fully saturated rings. The zero-order valence-electron chi connectivity index (χ0n) is 14.9. The average molecular weight is 400 g/mol. The van der Waals surface area contributed by atoms with E-state index in [2.05, 4.69) is 10.3 Å². The molecule has 1 atom stereocenters. The third-order valence-electron chi connectivity index (χ3n) is 3.79. The van der Waals surface area contributed by atoms with E-state index in [1.54, 1.807) is 49.4 Å². The van der Waals surface area contributed by atoms with Crippen LogP contribution in [0, 0.1) is 5.82 Å². The fraction of sp³-hybridized carbons (Fsp3) is 0.150. The molecule has 2 aromatic rings. The first kappa shape index (κ1) is 19.6. The zero-order valence-corrected chi connectivity index (χ0v) is 15.7. The summed E-state index contributed by atoms with van der Waals surface area (Å²) in [5.41, 5.74) is 1.16. The first-order chi connectivity index (χ1) is 13.4. The van der Waals surface area contributed by atoms with Gasteiger partial charge in [-0.1, -0.05) is 25.1 Å². The van der Waals surface area contributed by atoms with Crippen molar-refractivity contribution in [3.05, 3.63) is 64.8 Å². The Bertz CT molecular complexity index is 957. The van der Waals surface area contributed by atoms with Gasteiger partial charge in [-0.25, -0.2) is 14.2 Å². The van der Waals surface area contributed by atoms with Crippen LogP contribution in [0.4, 0.5) is 10.1 Å². The van der Waals surface area contributed by atoms with Crippen molar-refractivity contribution < 1.29 is 23.8 Å². The highest BCUT2D eigenvalue weighted by Gasteiger charge is 2.24. The van der Waals surface area contributed by atoms with Crippen LogP contribution in [0.15, 0.2) is 58.4 Å². The maximum absolute atomic E-state index is 13.2. The number of hydrogen-bond donors (Lipinski definition) is 2. The molecule has 1 amide bonds. The summed E-state index contributed by atoms with van der Waals surface area (Å²) in [6.07, 6.45) is 1.14. The van der Waals surface area contributed by atoms with Crippen molar-refractivity contribution in [1.29, 1.82) is 0 Å². The number of halogens is 1. The van der Waals surface area contributed by atoms with E-state index >= 15 is 0 Å². The predicted octanol–water partition coefficient (Wildman–Crippen LogP) is 3.96. The molecular formula is C20H17FN2O4S. The number of nitrogens with zero attached hydrogens (tertiary/aromatic N) is 1. The minimum absolute atomic E-state index is 0.294. The first-order valence-corrected chi connectivity index (χ1v) is 9.31. The molecule has 144 valence electrons. The molecule has 0 spiro atoms. The van der Waals surface area contributed by atoms with Crippen LogP contribution in [0.3, 0.4) is 0 Å². The number of thioether (sulfide) groups is 1. The van der Waals surface area contributed by atoms with Gasteiger partial charge in [0.2, 0.25) is 0 Å². The minimum Gasteiger partial charge on any atom is -0.479 e. The Morgan fingerprint density at radius 3 is 2.71 bits per heavy atom. The highest BCUT2D eigenvalue weighted by Crippen LogP contribution is 2.28. The molecule has 0 saturated carbocycles. The molecule has 0 radical (unpaired) electrons. The number of carboxylic acid groups (broad SMARTS) is 1. The van der Waals surface area contributed by atoms with Gasteiger partial charge in [0.1, 0.15) is 11.6 Å². The second-order valence-corrected chi connectivity index (χ2v) is 6.91. The summed E-state index contributed by atoms with van der Waals surface area (Å²) in [7, 11) is 0. The maximum atomic E-state index is 13.2. The Labute approximate surface area is 165 Å². The van der Waals surface area contributed by atoms with Crippen LogP contribution in [0.25, 0.3) is 6.08 Å².